The molecule has 0 saturated heterocycles. The first-order valence-electron chi connectivity index (χ1n) is 12.6. The van der Waals surface area contributed by atoms with Crippen molar-refractivity contribution in [1.29, 1.82) is 0 Å². The molecule has 0 aliphatic rings. The number of phenols is 3. The molecule has 0 fully saturated rings. The van der Waals surface area contributed by atoms with Crippen LogP contribution in [0.15, 0.2) is 97.3 Å². The van der Waals surface area contributed by atoms with Gasteiger partial charge in [-0.2, -0.15) is 0 Å². The molecular formula is C32H22O10. The number of methoxy groups -OCH3 is 2. The summed E-state index contributed by atoms with van der Waals surface area (Å²) >= 11 is 0. The Morgan fingerprint density at radius 3 is 1.86 bits per heavy atom. The smallest absolute Gasteiger partial charge is 0.212 e. The van der Waals surface area contributed by atoms with Crippen LogP contribution in [0.4, 0.5) is 0 Å². The van der Waals surface area contributed by atoms with Crippen LogP contribution in [0.5, 0.6) is 40.2 Å². The van der Waals surface area contributed by atoms with Crippen LogP contribution in [0, 0.1) is 0 Å². The molecule has 2 heterocycles. The molecule has 4 aromatic carbocycles. The minimum Gasteiger partial charge on any atom is -0.508 e. The van der Waals surface area contributed by atoms with Gasteiger partial charge in [-0.15, -0.1) is 0 Å². The summed E-state index contributed by atoms with van der Waals surface area (Å²) in [5.74, 6) is 0.726. The Balaban J connectivity index is 1.42. The summed E-state index contributed by atoms with van der Waals surface area (Å²) in [4.78, 5) is 25.8. The lowest BCUT2D eigenvalue weighted by atomic mass is 10.1. The average molecular weight is 567 g/mol. The predicted octanol–water partition coefficient (Wildman–Crippen LogP) is 6.16. The van der Waals surface area contributed by atoms with E-state index in [4.69, 9.17) is 23.0 Å². The maximum atomic E-state index is 13.0. The van der Waals surface area contributed by atoms with E-state index in [1.807, 2.05) is 0 Å². The van der Waals surface area contributed by atoms with Crippen LogP contribution in [0.25, 0.3) is 44.6 Å². The first-order chi connectivity index (χ1) is 20.2. The number of rotatable bonds is 6. The van der Waals surface area contributed by atoms with Gasteiger partial charge in [0.1, 0.15) is 56.6 Å². The zero-order valence-corrected chi connectivity index (χ0v) is 22.2. The second kappa shape index (κ2) is 10.3. The highest BCUT2D eigenvalue weighted by atomic mass is 16.5. The van der Waals surface area contributed by atoms with Crippen molar-refractivity contribution in [3.05, 3.63) is 99.3 Å². The monoisotopic (exact) mass is 566 g/mol. The lowest BCUT2D eigenvalue weighted by molar-refractivity contribution is 0.372. The minimum atomic E-state index is -0.506. The summed E-state index contributed by atoms with van der Waals surface area (Å²) in [7, 11) is 2.82. The molecule has 0 unspecified atom stereocenters. The molecule has 2 aromatic heterocycles. The zero-order valence-electron chi connectivity index (χ0n) is 22.2. The molecule has 0 aliphatic carbocycles. The maximum Gasteiger partial charge on any atom is 0.212 e. The van der Waals surface area contributed by atoms with Gasteiger partial charge in [0, 0.05) is 41.5 Å². The molecule has 0 atom stereocenters. The summed E-state index contributed by atoms with van der Waals surface area (Å²) in [6.07, 6.45) is 0. The molecule has 0 aliphatic heterocycles. The van der Waals surface area contributed by atoms with E-state index >= 15 is 0 Å². The largest absolute Gasteiger partial charge is 0.508 e. The topological polar surface area (TPSA) is 149 Å². The van der Waals surface area contributed by atoms with Crippen LogP contribution in [-0.4, -0.2) is 29.5 Å². The SMILES string of the molecule is COc1cc(O)c2c(=O)cc(-c3ccc(Oc4c(OC)cc(O)c5c(=O)cc(-c6ccc(O)cc6)oc45)cc3)oc2c1. The second-order valence-corrected chi connectivity index (χ2v) is 9.27. The van der Waals surface area contributed by atoms with E-state index in [0.29, 0.717) is 22.6 Å². The summed E-state index contributed by atoms with van der Waals surface area (Å²) in [5.41, 5.74) is 0.259. The zero-order chi connectivity index (χ0) is 29.5. The van der Waals surface area contributed by atoms with Crippen molar-refractivity contribution in [2.24, 2.45) is 0 Å². The predicted molar refractivity (Wildman–Crippen MR) is 154 cm³/mol. The number of benzene rings is 4. The maximum absolute atomic E-state index is 13.0. The summed E-state index contributed by atoms with van der Waals surface area (Å²) in [5, 5.41) is 30.4. The number of hydrogen-bond acceptors (Lipinski definition) is 10. The average Bonchev–Trinajstić information content (AvgIpc) is 2.98. The van der Waals surface area contributed by atoms with Crippen molar-refractivity contribution in [2.45, 2.75) is 0 Å². The van der Waals surface area contributed by atoms with Gasteiger partial charge >= 0.3 is 0 Å². The van der Waals surface area contributed by atoms with E-state index in [1.165, 1.54) is 56.7 Å². The Kier molecular flexibility index (Phi) is 6.43. The third kappa shape index (κ3) is 4.60. The summed E-state index contributed by atoms with van der Waals surface area (Å²) < 4.78 is 28.6. The van der Waals surface area contributed by atoms with Crippen LogP contribution in [0.1, 0.15) is 0 Å². The van der Waals surface area contributed by atoms with Crippen LogP contribution in [0.2, 0.25) is 0 Å². The molecule has 10 heteroatoms. The van der Waals surface area contributed by atoms with E-state index in [2.05, 4.69) is 0 Å². The number of ether oxygens (including phenoxy) is 3. The van der Waals surface area contributed by atoms with Crippen LogP contribution in [-0.2, 0) is 0 Å². The fraction of sp³-hybridized carbons (Fsp3) is 0.0625. The minimum absolute atomic E-state index is 0.0407. The van der Waals surface area contributed by atoms with Gasteiger partial charge in [0.05, 0.1) is 14.2 Å². The third-order valence-electron chi connectivity index (χ3n) is 6.65. The Bertz CT molecular complexity index is 2090. The van der Waals surface area contributed by atoms with Gasteiger partial charge in [-0.3, -0.25) is 9.59 Å². The standard InChI is InChI=1S/C32H22O10/c1-38-20-11-21(34)29-22(35)13-25(41-27(29)12-20)17-5-9-19(10-6-17)40-31-28(39-2)15-24(37)30-23(36)14-26(42-32(30)31)16-3-7-18(33)8-4-16/h3-15,33-34,37H,1-2H3. The number of phenolic OH excluding ortho intramolecular Hbond substituents is 3. The Morgan fingerprint density at radius 2 is 1.21 bits per heavy atom. The third-order valence-corrected chi connectivity index (χ3v) is 6.65. The molecule has 0 bridgehead atoms. The second-order valence-electron chi connectivity index (χ2n) is 9.27. The fourth-order valence-electron chi connectivity index (χ4n) is 4.59. The van der Waals surface area contributed by atoms with Gasteiger partial charge in [0.15, 0.2) is 22.2 Å². The molecule has 3 N–H and O–H groups in total. The van der Waals surface area contributed by atoms with Crippen LogP contribution < -0.4 is 25.1 Å². The van der Waals surface area contributed by atoms with Crippen LogP contribution >= 0.6 is 0 Å². The van der Waals surface area contributed by atoms with Crippen molar-refractivity contribution in [3.63, 3.8) is 0 Å². The lowest BCUT2D eigenvalue weighted by Crippen LogP contribution is -2.03. The Hall–Kier alpha value is -5.90. The molecule has 0 radical (unpaired) electrons. The van der Waals surface area contributed by atoms with Crippen molar-refractivity contribution >= 4 is 21.9 Å². The van der Waals surface area contributed by atoms with Gasteiger partial charge < -0.3 is 38.4 Å². The van der Waals surface area contributed by atoms with Gasteiger partial charge in [0.25, 0.3) is 0 Å². The van der Waals surface area contributed by atoms with Crippen molar-refractivity contribution in [1.82, 2.24) is 0 Å². The lowest BCUT2D eigenvalue weighted by Gasteiger charge is -2.14. The number of hydrogen-bond donors (Lipinski definition) is 3. The highest BCUT2D eigenvalue weighted by Crippen LogP contribution is 2.43. The van der Waals surface area contributed by atoms with E-state index < -0.39 is 10.9 Å². The van der Waals surface area contributed by atoms with Gasteiger partial charge in [-0.05, 0) is 48.5 Å². The number of aromatic hydroxyl groups is 3. The number of fused-ring (bicyclic) bond motifs is 2. The van der Waals surface area contributed by atoms with Crippen molar-refractivity contribution < 1.29 is 38.4 Å². The Morgan fingerprint density at radius 1 is 0.619 bits per heavy atom. The Labute approximate surface area is 236 Å². The molecule has 0 saturated carbocycles. The summed E-state index contributed by atoms with van der Waals surface area (Å²) in [6.45, 7) is 0. The normalized spacial score (nSPS) is 11.1. The molecule has 42 heavy (non-hydrogen) atoms. The van der Waals surface area contributed by atoms with Gasteiger partial charge in [-0.1, -0.05) is 0 Å². The fourth-order valence-corrected chi connectivity index (χ4v) is 4.59. The van der Waals surface area contributed by atoms with E-state index in [1.54, 1.807) is 36.4 Å². The molecule has 10 nitrogen and oxygen atoms in total. The van der Waals surface area contributed by atoms with E-state index in [9.17, 15) is 24.9 Å². The highest BCUT2D eigenvalue weighted by Gasteiger charge is 2.21. The first kappa shape index (κ1) is 26.3. The molecular weight excluding hydrogens is 544 g/mol. The van der Waals surface area contributed by atoms with Gasteiger partial charge in [-0.25, -0.2) is 0 Å². The highest BCUT2D eigenvalue weighted by molar-refractivity contribution is 5.92. The van der Waals surface area contributed by atoms with E-state index in [0.717, 1.165) is 0 Å². The van der Waals surface area contributed by atoms with Crippen molar-refractivity contribution in [2.75, 3.05) is 14.2 Å². The molecule has 210 valence electrons. The van der Waals surface area contributed by atoms with E-state index in [-0.39, 0.29) is 62.2 Å². The quantitative estimate of drug-likeness (QED) is 0.214. The molecule has 0 amide bonds. The first-order valence-corrected chi connectivity index (χ1v) is 12.6. The van der Waals surface area contributed by atoms with Crippen molar-refractivity contribution in [3.8, 4) is 62.9 Å². The summed E-state index contributed by atoms with van der Waals surface area (Å²) in [6, 6.07) is 19.3. The molecule has 0 spiro atoms. The molecule has 6 rings (SSSR count). The molecule has 6 aromatic rings. The van der Waals surface area contributed by atoms with Gasteiger partial charge in [0.2, 0.25) is 5.75 Å². The van der Waals surface area contributed by atoms with Crippen LogP contribution in [0.3, 0.4) is 0 Å².